The molecule has 2 heterocycles. The molecule has 9 nitrogen and oxygen atoms in total. The molecule has 0 saturated carbocycles. The van der Waals surface area contributed by atoms with Crippen molar-refractivity contribution < 1.29 is 23.6 Å². The fraction of sp³-hybridized carbons (Fsp3) is 0.286. The summed E-state index contributed by atoms with van der Waals surface area (Å²) in [6.07, 6.45) is 3.48. The summed E-state index contributed by atoms with van der Waals surface area (Å²) < 4.78 is 23.6. The number of esters is 1. The van der Waals surface area contributed by atoms with Crippen LogP contribution >= 0.6 is 11.3 Å². The van der Waals surface area contributed by atoms with Gasteiger partial charge in [0, 0.05) is 22.0 Å². The Bertz CT molecular complexity index is 1860. The Hall–Kier alpha value is -4.76. The van der Waals surface area contributed by atoms with Crippen LogP contribution < -0.4 is 14.6 Å². The lowest BCUT2D eigenvalue weighted by molar-refractivity contribution is -0.689. The van der Waals surface area contributed by atoms with Crippen LogP contribution in [0, 0.1) is 31.0 Å². The number of carbonyl (C=O) groups excluding carboxylic acids is 1. The van der Waals surface area contributed by atoms with Crippen molar-refractivity contribution in [1.82, 2.24) is 20.1 Å². The number of aliphatic hydroxyl groups is 1. The second-order valence-corrected chi connectivity index (χ2v) is 12.2. The van der Waals surface area contributed by atoms with Crippen LogP contribution in [-0.2, 0) is 23.5 Å². The lowest BCUT2D eigenvalue weighted by atomic mass is 9.82. The second-order valence-electron chi connectivity index (χ2n) is 11.3. The van der Waals surface area contributed by atoms with Gasteiger partial charge in [0.15, 0.2) is 0 Å². The average molecular weight is 640 g/mol. The monoisotopic (exact) mass is 639 g/mol. The first-order valence-electron chi connectivity index (χ1n) is 15.0. The third-order valence-electron chi connectivity index (χ3n) is 7.90. The fourth-order valence-corrected chi connectivity index (χ4v) is 6.40. The predicted octanol–water partition coefficient (Wildman–Crippen LogP) is 5.18. The molecule has 0 amide bonds. The van der Waals surface area contributed by atoms with Crippen LogP contribution in [0.5, 0.6) is 5.75 Å². The van der Waals surface area contributed by atoms with Gasteiger partial charge in [0.1, 0.15) is 23.7 Å². The van der Waals surface area contributed by atoms with E-state index < -0.39 is 17.3 Å². The van der Waals surface area contributed by atoms with Crippen LogP contribution in [0.25, 0.3) is 11.3 Å². The Labute approximate surface area is 271 Å². The van der Waals surface area contributed by atoms with Crippen LogP contribution in [0.1, 0.15) is 52.6 Å². The van der Waals surface area contributed by atoms with Gasteiger partial charge in [0.25, 0.3) is 6.33 Å². The first-order chi connectivity index (χ1) is 22.1. The molecule has 46 heavy (non-hydrogen) atoms. The highest BCUT2D eigenvalue weighted by molar-refractivity contribution is 7.10. The molecule has 0 bridgehead atoms. The largest absolute Gasteiger partial charge is 0.425 e. The lowest BCUT2D eigenvalue weighted by Crippen LogP contribution is -2.38. The van der Waals surface area contributed by atoms with Gasteiger partial charge >= 0.3 is 5.97 Å². The van der Waals surface area contributed by atoms with E-state index in [0.29, 0.717) is 35.0 Å². The van der Waals surface area contributed by atoms with E-state index in [1.54, 1.807) is 41.6 Å². The summed E-state index contributed by atoms with van der Waals surface area (Å²) in [7, 11) is 0. The van der Waals surface area contributed by atoms with Crippen molar-refractivity contribution in [3.05, 3.63) is 117 Å². The van der Waals surface area contributed by atoms with E-state index in [1.807, 2.05) is 61.9 Å². The molecule has 3 aromatic carbocycles. The zero-order valence-electron chi connectivity index (χ0n) is 26.2. The molecule has 0 aliphatic carbocycles. The summed E-state index contributed by atoms with van der Waals surface area (Å²) in [5.41, 5.74) is 3.74. The molecular weight excluding hydrogens is 603 g/mol. The normalized spacial score (nSPS) is 13.2. The molecule has 0 fully saturated rings. The molecule has 11 heteroatoms. The van der Waals surface area contributed by atoms with Crippen molar-refractivity contribution in [1.29, 1.82) is 5.26 Å². The molecule has 2 atom stereocenters. The third kappa shape index (κ3) is 7.37. The van der Waals surface area contributed by atoms with Crippen molar-refractivity contribution in [3.8, 4) is 23.1 Å². The van der Waals surface area contributed by atoms with E-state index in [2.05, 4.69) is 16.5 Å². The Kier molecular flexibility index (Phi) is 10.0. The highest BCUT2D eigenvalue weighted by atomic mass is 32.1. The van der Waals surface area contributed by atoms with Crippen molar-refractivity contribution in [2.24, 2.45) is 0 Å². The maximum absolute atomic E-state index is 14.4. The minimum Gasteiger partial charge on any atom is -0.425 e. The first kappa shape index (κ1) is 32.6. The quantitative estimate of drug-likeness (QED) is 0.110. The number of hydrogen-bond donors (Lipinski definition) is 2. The van der Waals surface area contributed by atoms with Crippen LogP contribution in [-0.4, -0.2) is 38.9 Å². The number of halogens is 1. The van der Waals surface area contributed by atoms with Gasteiger partial charge in [-0.2, -0.15) is 5.26 Å². The van der Waals surface area contributed by atoms with Gasteiger partial charge in [-0.3, -0.25) is 4.79 Å². The highest BCUT2D eigenvalue weighted by Gasteiger charge is 2.41. The molecule has 236 valence electrons. The maximum Gasteiger partial charge on any atom is 0.325 e. The molecule has 5 rings (SSSR count). The summed E-state index contributed by atoms with van der Waals surface area (Å²) in [4.78, 5) is 17.0. The topological polar surface area (TPSA) is 117 Å². The standard InChI is InChI=1S/C35H36FN6O3S/c1-5-38-17-32(43)45-33-23(2)13-27(14-24(33)3)18-41-21-39-42(22-41)20-35(44,29-7-6-8-30(36)15-29)25(4)34-40-31(19-46-34)28-11-9-26(16-37)10-12-28/h6-15,19,21-22,25,38,44H,5,17-18,20H2,1-4H3/q+1/t25-,35+/m0/s1. The third-order valence-corrected chi connectivity index (χ3v) is 8.92. The minimum absolute atomic E-state index is 0.0507. The Morgan fingerprint density at radius 2 is 1.93 bits per heavy atom. The number of nitriles is 1. The number of rotatable bonds is 12. The predicted molar refractivity (Wildman–Crippen MR) is 173 cm³/mol. The molecule has 5 aromatic rings. The molecule has 0 spiro atoms. The fourth-order valence-electron chi connectivity index (χ4n) is 5.43. The molecule has 0 aliphatic heterocycles. The number of aryl methyl sites for hydroxylation is 2. The Morgan fingerprint density at radius 1 is 1.20 bits per heavy atom. The molecule has 0 radical (unpaired) electrons. The number of carbonyl (C=O) groups is 1. The van der Waals surface area contributed by atoms with Crippen LogP contribution in [0.2, 0.25) is 0 Å². The second kappa shape index (κ2) is 14.1. The zero-order valence-corrected chi connectivity index (χ0v) is 27.0. The number of nitrogens with one attached hydrogen (secondary N) is 1. The average Bonchev–Trinajstić information content (AvgIpc) is 3.71. The summed E-state index contributed by atoms with van der Waals surface area (Å²) in [6, 6.07) is 19.2. The maximum atomic E-state index is 14.4. The summed E-state index contributed by atoms with van der Waals surface area (Å²) >= 11 is 1.42. The van der Waals surface area contributed by atoms with Crippen LogP contribution in [0.3, 0.4) is 0 Å². The molecule has 2 aromatic heterocycles. The molecule has 0 aliphatic rings. The Balaban J connectivity index is 1.38. The van der Waals surface area contributed by atoms with E-state index >= 15 is 0 Å². The van der Waals surface area contributed by atoms with Gasteiger partial charge in [-0.15, -0.1) is 16.0 Å². The minimum atomic E-state index is -1.54. The molecule has 0 saturated heterocycles. The SMILES string of the molecule is CCNCC(=O)Oc1c(C)cc(C[n+]2cnn(C[C@](O)(c3cccc(F)c3)[C@@H](C)c3nc(-c4ccc(C#N)cc4)cs3)c2)cc1C. The van der Waals surface area contributed by atoms with Crippen LogP contribution in [0.15, 0.2) is 78.7 Å². The van der Waals surface area contributed by atoms with E-state index in [-0.39, 0.29) is 19.1 Å². The summed E-state index contributed by atoms with van der Waals surface area (Å²) in [5.74, 6) is -0.736. The lowest BCUT2D eigenvalue weighted by Gasteiger charge is -2.31. The smallest absolute Gasteiger partial charge is 0.325 e. The molecule has 0 unspecified atom stereocenters. The van der Waals surface area contributed by atoms with E-state index in [1.165, 1.54) is 23.5 Å². The van der Waals surface area contributed by atoms with Crippen molar-refractivity contribution >= 4 is 17.3 Å². The van der Waals surface area contributed by atoms with Gasteiger partial charge in [-0.25, -0.2) is 13.9 Å². The number of benzene rings is 3. The summed E-state index contributed by atoms with van der Waals surface area (Å²) in [5, 5.41) is 31.5. The van der Waals surface area contributed by atoms with Crippen molar-refractivity contribution in [2.75, 3.05) is 13.1 Å². The number of nitrogens with zero attached hydrogens (tertiary/aromatic N) is 5. The van der Waals surface area contributed by atoms with Crippen molar-refractivity contribution in [3.63, 3.8) is 0 Å². The first-order valence-corrected chi connectivity index (χ1v) is 15.8. The van der Waals surface area contributed by atoms with Gasteiger partial charge in [0.2, 0.25) is 6.33 Å². The zero-order chi connectivity index (χ0) is 32.8. The van der Waals surface area contributed by atoms with E-state index in [9.17, 15) is 14.3 Å². The van der Waals surface area contributed by atoms with Crippen molar-refractivity contribution in [2.45, 2.75) is 52.3 Å². The molecule has 2 N–H and O–H groups in total. The van der Waals surface area contributed by atoms with Gasteiger partial charge in [0.05, 0.1) is 35.4 Å². The number of aromatic nitrogens is 4. The number of thiazole rings is 1. The van der Waals surface area contributed by atoms with Gasteiger partial charge in [-0.1, -0.05) is 38.1 Å². The van der Waals surface area contributed by atoms with Crippen LogP contribution in [0.4, 0.5) is 4.39 Å². The van der Waals surface area contributed by atoms with Gasteiger partial charge < -0.3 is 15.2 Å². The summed E-state index contributed by atoms with van der Waals surface area (Å²) in [6.45, 7) is 9.00. The number of likely N-dealkylation sites (N-methyl/N-ethyl adjacent to an activating group) is 1. The number of ether oxygens (including phenoxy) is 1. The van der Waals surface area contributed by atoms with E-state index in [4.69, 9.17) is 15.0 Å². The highest BCUT2D eigenvalue weighted by Crippen LogP contribution is 2.40. The number of hydrogen-bond acceptors (Lipinski definition) is 8. The Morgan fingerprint density at radius 3 is 2.61 bits per heavy atom. The molecular formula is C35H36FN6O3S+. The van der Waals surface area contributed by atoms with Gasteiger partial charge in [-0.05, 0) is 79.0 Å². The van der Waals surface area contributed by atoms with E-state index in [0.717, 1.165) is 27.9 Å².